The standard InChI is InChI=1S/C25H27N3O4/c1-32-18-9-6-15(7-10-18)17-8-11-20-19(14-17)25(31)28-13-12-21(22(28)24(30)26-20)27-23(29)16-4-2-3-5-16/h6-11,14,16,21-22H,2-5,12-13H2,1H3,(H,26,30)(H,27,29)/t21-,22-/m0/s1. The van der Waals surface area contributed by atoms with Crippen molar-refractivity contribution in [3.63, 3.8) is 0 Å². The maximum absolute atomic E-state index is 13.4. The minimum atomic E-state index is -0.690. The van der Waals surface area contributed by atoms with Crippen molar-refractivity contribution in [1.29, 1.82) is 0 Å². The van der Waals surface area contributed by atoms with Crippen LogP contribution in [0.25, 0.3) is 11.1 Å². The molecule has 2 aromatic carbocycles. The number of hydrogen-bond acceptors (Lipinski definition) is 4. The fourth-order valence-corrected chi connectivity index (χ4v) is 5.14. The molecule has 0 radical (unpaired) electrons. The number of carbonyl (C=O) groups excluding carboxylic acids is 3. The zero-order chi connectivity index (χ0) is 22.2. The molecule has 0 spiro atoms. The van der Waals surface area contributed by atoms with E-state index < -0.39 is 6.04 Å². The van der Waals surface area contributed by atoms with Crippen molar-refractivity contribution in [1.82, 2.24) is 10.2 Å². The van der Waals surface area contributed by atoms with Crippen molar-refractivity contribution >= 4 is 23.4 Å². The number of nitrogens with one attached hydrogen (secondary N) is 2. The lowest BCUT2D eigenvalue weighted by atomic mass is 10.0. The molecule has 1 saturated carbocycles. The van der Waals surface area contributed by atoms with Gasteiger partial charge in [0.1, 0.15) is 11.8 Å². The molecule has 0 bridgehead atoms. The van der Waals surface area contributed by atoms with Gasteiger partial charge < -0.3 is 20.3 Å². The molecule has 3 aliphatic rings. The van der Waals surface area contributed by atoms with Crippen LogP contribution in [0.3, 0.4) is 0 Å². The fourth-order valence-electron chi connectivity index (χ4n) is 5.14. The molecular formula is C25H27N3O4. The van der Waals surface area contributed by atoms with Crippen LogP contribution in [0, 0.1) is 5.92 Å². The molecule has 2 aliphatic heterocycles. The third-order valence-electron chi connectivity index (χ3n) is 6.91. The second-order valence-electron chi connectivity index (χ2n) is 8.81. The molecule has 2 atom stereocenters. The van der Waals surface area contributed by atoms with Crippen LogP contribution in [-0.4, -0.2) is 48.4 Å². The van der Waals surface area contributed by atoms with Gasteiger partial charge in [0.2, 0.25) is 11.8 Å². The molecule has 32 heavy (non-hydrogen) atoms. The molecule has 166 valence electrons. The number of benzene rings is 2. The number of carbonyl (C=O) groups is 3. The van der Waals surface area contributed by atoms with Crippen LogP contribution in [0.2, 0.25) is 0 Å². The Balaban J connectivity index is 1.40. The number of nitrogens with zero attached hydrogens (tertiary/aromatic N) is 1. The summed E-state index contributed by atoms with van der Waals surface area (Å²) in [6, 6.07) is 12.1. The van der Waals surface area contributed by atoms with Gasteiger partial charge in [0.15, 0.2) is 0 Å². The largest absolute Gasteiger partial charge is 0.497 e. The van der Waals surface area contributed by atoms with Crippen LogP contribution in [-0.2, 0) is 9.59 Å². The molecule has 2 aromatic rings. The molecule has 2 N–H and O–H groups in total. The number of hydrogen-bond donors (Lipinski definition) is 2. The molecular weight excluding hydrogens is 406 g/mol. The molecule has 0 unspecified atom stereocenters. The molecule has 5 rings (SSSR count). The number of ether oxygens (including phenoxy) is 1. The summed E-state index contributed by atoms with van der Waals surface area (Å²) in [6.45, 7) is 0.443. The number of methoxy groups -OCH3 is 1. The topological polar surface area (TPSA) is 87.7 Å². The van der Waals surface area contributed by atoms with Crippen LogP contribution in [0.4, 0.5) is 5.69 Å². The number of amides is 3. The Bertz CT molecular complexity index is 1060. The highest BCUT2D eigenvalue weighted by atomic mass is 16.5. The molecule has 3 amide bonds. The summed E-state index contributed by atoms with van der Waals surface area (Å²) in [5, 5.41) is 5.99. The van der Waals surface area contributed by atoms with Gasteiger partial charge in [-0.1, -0.05) is 31.0 Å². The van der Waals surface area contributed by atoms with E-state index in [1.54, 1.807) is 18.1 Å². The highest BCUT2D eigenvalue weighted by Crippen LogP contribution is 2.33. The summed E-state index contributed by atoms with van der Waals surface area (Å²) in [5.41, 5.74) is 2.82. The molecule has 1 saturated heterocycles. The van der Waals surface area contributed by atoms with E-state index >= 15 is 0 Å². The summed E-state index contributed by atoms with van der Waals surface area (Å²) in [4.78, 5) is 40.8. The van der Waals surface area contributed by atoms with E-state index in [-0.39, 0.29) is 29.7 Å². The van der Waals surface area contributed by atoms with Crippen molar-refractivity contribution in [2.75, 3.05) is 19.0 Å². The number of anilines is 1. The zero-order valence-electron chi connectivity index (χ0n) is 18.1. The Morgan fingerprint density at radius 2 is 1.75 bits per heavy atom. The number of rotatable bonds is 4. The molecule has 7 heteroatoms. The first kappa shape index (κ1) is 20.5. The van der Waals surface area contributed by atoms with Crippen LogP contribution in [0.1, 0.15) is 42.5 Å². The van der Waals surface area contributed by atoms with Crippen molar-refractivity contribution in [3.05, 3.63) is 48.0 Å². The van der Waals surface area contributed by atoms with Gasteiger partial charge in [-0.25, -0.2) is 0 Å². The van der Waals surface area contributed by atoms with Gasteiger partial charge in [0.05, 0.1) is 24.4 Å². The first-order chi connectivity index (χ1) is 15.5. The molecule has 2 heterocycles. The smallest absolute Gasteiger partial charge is 0.256 e. The van der Waals surface area contributed by atoms with Crippen molar-refractivity contribution < 1.29 is 19.1 Å². The second-order valence-corrected chi connectivity index (χ2v) is 8.81. The molecule has 1 aliphatic carbocycles. The Morgan fingerprint density at radius 1 is 1.03 bits per heavy atom. The summed E-state index contributed by atoms with van der Waals surface area (Å²) in [6.07, 6.45) is 4.53. The van der Waals surface area contributed by atoms with Gasteiger partial charge in [0, 0.05) is 12.5 Å². The Labute approximate surface area is 187 Å². The SMILES string of the molecule is COc1ccc(-c2ccc3c(c2)C(=O)N2CC[C@H](NC(=O)C4CCCC4)[C@H]2C(=O)N3)cc1. The maximum atomic E-state index is 13.4. The third-order valence-corrected chi connectivity index (χ3v) is 6.91. The average Bonchev–Trinajstić information content (AvgIpc) is 3.47. The normalized spacial score (nSPS) is 22.7. The highest BCUT2D eigenvalue weighted by molar-refractivity contribution is 6.11. The van der Waals surface area contributed by atoms with E-state index in [2.05, 4.69) is 10.6 Å². The van der Waals surface area contributed by atoms with Gasteiger partial charge in [-0.2, -0.15) is 0 Å². The van der Waals surface area contributed by atoms with E-state index in [0.717, 1.165) is 42.6 Å². The van der Waals surface area contributed by atoms with Crippen LogP contribution >= 0.6 is 0 Å². The maximum Gasteiger partial charge on any atom is 0.256 e. The second kappa shape index (κ2) is 8.30. The predicted octanol–water partition coefficient (Wildman–Crippen LogP) is 3.20. The Kier molecular flexibility index (Phi) is 5.33. The van der Waals surface area contributed by atoms with E-state index in [9.17, 15) is 14.4 Å². The Hall–Kier alpha value is -3.35. The molecule has 7 nitrogen and oxygen atoms in total. The number of fused-ring (bicyclic) bond motifs is 2. The zero-order valence-corrected chi connectivity index (χ0v) is 18.1. The van der Waals surface area contributed by atoms with E-state index in [0.29, 0.717) is 24.2 Å². The monoisotopic (exact) mass is 433 g/mol. The van der Waals surface area contributed by atoms with Crippen molar-refractivity contribution in [2.24, 2.45) is 5.92 Å². The van der Waals surface area contributed by atoms with Gasteiger partial charge in [0.25, 0.3) is 5.91 Å². The first-order valence-corrected chi connectivity index (χ1v) is 11.3. The van der Waals surface area contributed by atoms with Gasteiger partial charge in [-0.05, 0) is 54.7 Å². The van der Waals surface area contributed by atoms with E-state index in [1.807, 2.05) is 36.4 Å². The summed E-state index contributed by atoms with van der Waals surface area (Å²) in [5.74, 6) is 0.369. The lowest BCUT2D eigenvalue weighted by Crippen LogP contribution is -2.52. The molecule has 2 fully saturated rings. The lowest BCUT2D eigenvalue weighted by Gasteiger charge is -2.25. The van der Waals surface area contributed by atoms with Gasteiger partial charge in [-0.3, -0.25) is 14.4 Å². The van der Waals surface area contributed by atoms with Gasteiger partial charge in [-0.15, -0.1) is 0 Å². The first-order valence-electron chi connectivity index (χ1n) is 11.3. The summed E-state index contributed by atoms with van der Waals surface area (Å²) in [7, 11) is 1.62. The predicted molar refractivity (Wildman–Crippen MR) is 120 cm³/mol. The lowest BCUT2D eigenvalue weighted by molar-refractivity contribution is -0.126. The van der Waals surface area contributed by atoms with Crippen LogP contribution < -0.4 is 15.4 Å². The quantitative estimate of drug-likeness (QED) is 0.775. The van der Waals surface area contributed by atoms with Crippen LogP contribution in [0.5, 0.6) is 5.75 Å². The van der Waals surface area contributed by atoms with E-state index in [1.165, 1.54) is 0 Å². The summed E-state index contributed by atoms with van der Waals surface area (Å²) >= 11 is 0. The van der Waals surface area contributed by atoms with Crippen molar-refractivity contribution in [3.8, 4) is 16.9 Å². The average molecular weight is 434 g/mol. The van der Waals surface area contributed by atoms with Crippen LogP contribution in [0.15, 0.2) is 42.5 Å². The highest BCUT2D eigenvalue weighted by Gasteiger charge is 2.45. The molecule has 0 aromatic heterocycles. The van der Waals surface area contributed by atoms with Gasteiger partial charge >= 0.3 is 0 Å². The minimum Gasteiger partial charge on any atom is -0.497 e. The third kappa shape index (κ3) is 3.61. The van der Waals surface area contributed by atoms with E-state index in [4.69, 9.17) is 4.74 Å². The summed E-state index contributed by atoms with van der Waals surface area (Å²) < 4.78 is 5.22. The Morgan fingerprint density at radius 3 is 2.47 bits per heavy atom. The fraction of sp³-hybridized carbons (Fsp3) is 0.400. The van der Waals surface area contributed by atoms with Crippen molar-refractivity contribution in [2.45, 2.75) is 44.2 Å². The minimum absolute atomic E-state index is 0.0122.